The number of ether oxygens (including phenoxy) is 1. The molecule has 5 aliphatic rings. The van der Waals surface area contributed by atoms with Gasteiger partial charge >= 0.3 is 10.4 Å². The number of rotatable bonds is 7. The molecule has 4 aliphatic carbocycles. The Morgan fingerprint density at radius 1 is 1.15 bits per heavy atom. The molecule has 0 aromatic carbocycles. The molecule has 6 heteroatoms. The second kappa shape index (κ2) is 8.04. The molecule has 0 aromatic rings. The van der Waals surface area contributed by atoms with Crippen molar-refractivity contribution < 1.29 is 21.9 Å². The second-order valence-electron chi connectivity index (χ2n) is 13.1. The van der Waals surface area contributed by atoms with Crippen LogP contribution in [-0.4, -0.2) is 24.9 Å². The van der Waals surface area contributed by atoms with Gasteiger partial charge in [0.2, 0.25) is 5.79 Å². The highest BCUT2D eigenvalue weighted by Crippen LogP contribution is 2.70. The number of epoxide rings is 1. The lowest BCUT2D eigenvalue weighted by Gasteiger charge is -2.58. The minimum Gasteiger partial charge on any atom is -0.337 e. The first-order chi connectivity index (χ1) is 15.4. The molecule has 33 heavy (non-hydrogen) atoms. The van der Waals surface area contributed by atoms with Crippen LogP contribution in [0.5, 0.6) is 0 Å². The van der Waals surface area contributed by atoms with Crippen molar-refractivity contribution in [3.8, 4) is 0 Å². The van der Waals surface area contributed by atoms with Gasteiger partial charge in [-0.05, 0) is 84.9 Å². The second-order valence-corrected chi connectivity index (χ2v) is 14.1. The molecule has 1 saturated heterocycles. The lowest BCUT2D eigenvalue weighted by atomic mass is 9.47. The van der Waals surface area contributed by atoms with E-state index in [1.165, 1.54) is 50.5 Å². The van der Waals surface area contributed by atoms with Gasteiger partial charge in [-0.1, -0.05) is 65.5 Å². The van der Waals surface area contributed by atoms with E-state index in [4.69, 9.17) is 8.92 Å². The molecule has 0 radical (unpaired) electrons. The van der Waals surface area contributed by atoms with Crippen LogP contribution in [0.1, 0.15) is 98.8 Å². The first-order valence-electron chi connectivity index (χ1n) is 13.4. The summed E-state index contributed by atoms with van der Waals surface area (Å²) < 4.78 is 42.8. The average Bonchev–Trinajstić information content (AvgIpc) is 3.21. The predicted molar refractivity (Wildman–Crippen MR) is 129 cm³/mol. The van der Waals surface area contributed by atoms with Crippen molar-refractivity contribution in [1.82, 2.24) is 0 Å². The number of hydrogen-bond acceptors (Lipinski definition) is 4. The van der Waals surface area contributed by atoms with Gasteiger partial charge in [-0.25, -0.2) is 4.18 Å². The van der Waals surface area contributed by atoms with E-state index >= 15 is 0 Å². The largest absolute Gasteiger partial charge is 0.400 e. The van der Waals surface area contributed by atoms with Gasteiger partial charge in [0, 0.05) is 6.42 Å². The van der Waals surface area contributed by atoms with Crippen molar-refractivity contribution >= 4 is 10.4 Å². The van der Waals surface area contributed by atoms with E-state index in [1.807, 2.05) is 0 Å². The lowest BCUT2D eigenvalue weighted by Crippen LogP contribution is -2.51. The van der Waals surface area contributed by atoms with Crippen molar-refractivity contribution in [1.29, 1.82) is 0 Å². The monoisotopic (exact) mass is 480 g/mol. The Morgan fingerprint density at radius 3 is 2.61 bits per heavy atom. The lowest BCUT2D eigenvalue weighted by molar-refractivity contribution is -0.0541. The molecule has 0 bridgehead atoms. The minimum absolute atomic E-state index is 0.0540. The van der Waals surface area contributed by atoms with E-state index in [1.54, 1.807) is 0 Å². The van der Waals surface area contributed by atoms with Gasteiger partial charge in [0.15, 0.2) is 0 Å². The van der Waals surface area contributed by atoms with Crippen LogP contribution >= 0.6 is 0 Å². The summed E-state index contributed by atoms with van der Waals surface area (Å²) in [5.74, 6) is 3.47. The van der Waals surface area contributed by atoms with Gasteiger partial charge in [0.1, 0.15) is 6.10 Å². The van der Waals surface area contributed by atoms with E-state index in [-0.39, 0.29) is 11.5 Å². The summed E-state index contributed by atoms with van der Waals surface area (Å²) in [6, 6.07) is 0. The average molecular weight is 481 g/mol. The van der Waals surface area contributed by atoms with Crippen LogP contribution in [0, 0.1) is 46.3 Å². The van der Waals surface area contributed by atoms with Crippen molar-refractivity contribution in [3.63, 3.8) is 0 Å². The van der Waals surface area contributed by atoms with Gasteiger partial charge in [0.05, 0.1) is 0 Å². The van der Waals surface area contributed by atoms with E-state index in [2.05, 4.69) is 40.7 Å². The molecule has 4 fully saturated rings. The van der Waals surface area contributed by atoms with Crippen LogP contribution in [0.15, 0.2) is 11.6 Å². The predicted octanol–water partition coefficient (Wildman–Crippen LogP) is 6.55. The third-order valence-corrected chi connectivity index (χ3v) is 11.4. The summed E-state index contributed by atoms with van der Waals surface area (Å²) in [7, 11) is -4.52. The van der Waals surface area contributed by atoms with Crippen LogP contribution in [0.25, 0.3) is 0 Å². The molecule has 1 N–H and O–H groups in total. The Kier molecular flexibility index (Phi) is 5.91. The summed E-state index contributed by atoms with van der Waals surface area (Å²) in [6.45, 7) is 12.2. The van der Waals surface area contributed by atoms with Gasteiger partial charge in [-0.15, -0.1) is 0 Å². The van der Waals surface area contributed by atoms with E-state index in [0.717, 1.165) is 42.4 Å². The van der Waals surface area contributed by atoms with Crippen molar-refractivity contribution in [3.05, 3.63) is 11.6 Å². The minimum atomic E-state index is -4.52. The maximum absolute atomic E-state index is 11.4. The molecule has 9 atom stereocenters. The van der Waals surface area contributed by atoms with Crippen molar-refractivity contribution in [2.24, 2.45) is 46.3 Å². The molecule has 2 unspecified atom stereocenters. The Morgan fingerprint density at radius 2 is 1.91 bits per heavy atom. The maximum atomic E-state index is 11.4. The van der Waals surface area contributed by atoms with Gasteiger partial charge in [0.25, 0.3) is 0 Å². The summed E-state index contributed by atoms with van der Waals surface area (Å²) >= 11 is 0. The zero-order chi connectivity index (χ0) is 23.8. The van der Waals surface area contributed by atoms with E-state index in [9.17, 15) is 13.0 Å². The van der Waals surface area contributed by atoms with E-state index in [0.29, 0.717) is 17.8 Å². The molecule has 1 aliphatic heterocycles. The Bertz CT molecular complexity index is 911. The third-order valence-electron chi connectivity index (χ3n) is 10.9. The van der Waals surface area contributed by atoms with Crippen LogP contribution in [-0.2, 0) is 19.3 Å². The van der Waals surface area contributed by atoms with Crippen LogP contribution < -0.4 is 0 Å². The molecule has 1 heterocycles. The Hall–Kier alpha value is -0.430. The fraction of sp³-hybridized carbons (Fsp3) is 0.926. The summed E-state index contributed by atoms with van der Waals surface area (Å²) in [6.07, 6.45) is 13.9. The van der Waals surface area contributed by atoms with Crippen LogP contribution in [0.3, 0.4) is 0 Å². The first kappa shape index (κ1) is 24.3. The highest BCUT2D eigenvalue weighted by Gasteiger charge is 2.69. The zero-order valence-electron chi connectivity index (χ0n) is 21.2. The molecule has 0 amide bonds. The first-order valence-corrected chi connectivity index (χ1v) is 14.8. The SMILES string of the molecule is CC(C)CCC[C@@H](C)[C@H]1CC[C@H]2[C@@H]3CC=C4CC5(OS(=O)(=O)O)OC5C[C@]4(C)[C@H]3CC[C@]12C. The van der Waals surface area contributed by atoms with Crippen molar-refractivity contribution in [2.45, 2.75) is 111 Å². The van der Waals surface area contributed by atoms with Crippen LogP contribution in [0.2, 0.25) is 0 Å². The van der Waals surface area contributed by atoms with E-state index < -0.39 is 16.2 Å². The maximum Gasteiger partial charge on any atom is 0.400 e. The van der Waals surface area contributed by atoms with Crippen LogP contribution in [0.4, 0.5) is 0 Å². The fourth-order valence-corrected chi connectivity index (χ4v) is 9.79. The summed E-state index contributed by atoms with van der Waals surface area (Å²) in [4.78, 5) is 0. The molecular formula is C27H44O5S. The highest BCUT2D eigenvalue weighted by molar-refractivity contribution is 7.80. The molecular weight excluding hydrogens is 436 g/mol. The Balaban J connectivity index is 1.32. The molecule has 3 saturated carbocycles. The smallest absolute Gasteiger partial charge is 0.337 e. The molecule has 5 rings (SSSR count). The summed E-state index contributed by atoms with van der Waals surface area (Å²) in [5, 5.41) is 0. The number of fused-ring (bicyclic) bond motifs is 6. The van der Waals surface area contributed by atoms with Gasteiger partial charge in [-0.3, -0.25) is 4.55 Å². The molecule has 5 nitrogen and oxygen atoms in total. The molecule has 188 valence electrons. The summed E-state index contributed by atoms with van der Waals surface area (Å²) in [5.41, 5.74) is 1.81. The number of allylic oxidation sites excluding steroid dienone is 1. The molecule has 0 spiro atoms. The third kappa shape index (κ3) is 4.05. The Labute approximate surface area is 201 Å². The topological polar surface area (TPSA) is 76.1 Å². The quantitative estimate of drug-likeness (QED) is 0.254. The standard InChI is InChI=1S/C27H44O5S/c1-17(2)7-6-8-18(3)21-11-12-22-20-10-9-19-15-27(32-33(28,29)30)24(31-27)16-26(19,5)23(20)13-14-25(21,22)4/h9,17-18,20-24H,6-8,10-16H2,1-5H3,(H,28,29,30)/t18-,20+,21-,22+,23+,24?,25-,26+,27?/m1/s1. The highest BCUT2D eigenvalue weighted by atomic mass is 32.3. The van der Waals surface area contributed by atoms with Gasteiger partial charge in [-0.2, -0.15) is 8.42 Å². The van der Waals surface area contributed by atoms with Crippen molar-refractivity contribution in [2.75, 3.05) is 0 Å². The number of hydrogen-bond donors (Lipinski definition) is 1. The van der Waals surface area contributed by atoms with Gasteiger partial charge < -0.3 is 4.74 Å². The fourth-order valence-electron chi connectivity index (χ4n) is 9.23. The zero-order valence-corrected chi connectivity index (χ0v) is 22.0. The normalized spacial score (nSPS) is 47.2. The molecule has 0 aromatic heterocycles.